The monoisotopic (exact) mass is 298 g/mol. The molecular weight excluding hydrogens is 280 g/mol. The molecular formula is C17H18N2O3. The summed E-state index contributed by atoms with van der Waals surface area (Å²) in [7, 11) is 1.27. The number of carbonyl (C=O) groups is 2. The molecule has 0 radical (unpaired) electrons. The van der Waals surface area contributed by atoms with Crippen molar-refractivity contribution in [3.63, 3.8) is 0 Å². The zero-order chi connectivity index (χ0) is 15.9. The number of nitrogen functional groups attached to an aromatic ring is 1. The number of hydrogen-bond acceptors (Lipinski definition) is 4. The maximum Gasteiger partial charge on any atom is 0.325 e. The molecule has 0 aliphatic rings. The van der Waals surface area contributed by atoms with Crippen LogP contribution in [-0.4, -0.2) is 25.5 Å². The van der Waals surface area contributed by atoms with E-state index < -0.39 is 11.9 Å². The Balaban J connectivity index is 2.12. The lowest BCUT2D eigenvalue weighted by Crippen LogP contribution is -2.30. The molecule has 5 heteroatoms. The highest BCUT2D eigenvalue weighted by atomic mass is 16.5. The van der Waals surface area contributed by atoms with Crippen molar-refractivity contribution in [3.05, 3.63) is 65.2 Å². The molecule has 0 saturated heterocycles. The smallest absolute Gasteiger partial charge is 0.325 e. The van der Waals surface area contributed by atoms with E-state index >= 15 is 0 Å². The van der Waals surface area contributed by atoms with Crippen LogP contribution in [0.25, 0.3) is 0 Å². The van der Waals surface area contributed by atoms with Crippen LogP contribution in [0.5, 0.6) is 0 Å². The Morgan fingerprint density at radius 3 is 2.50 bits per heavy atom. The number of amides is 1. The van der Waals surface area contributed by atoms with Crippen molar-refractivity contribution in [2.24, 2.45) is 0 Å². The number of carbonyl (C=O) groups excluding carboxylic acids is 2. The first-order chi connectivity index (χ1) is 10.6. The Morgan fingerprint density at radius 1 is 1.09 bits per heavy atom. The van der Waals surface area contributed by atoms with Crippen molar-refractivity contribution >= 4 is 17.6 Å². The fraction of sp³-hybridized carbons (Fsp3) is 0.176. The van der Waals surface area contributed by atoms with Crippen LogP contribution in [-0.2, 0) is 16.0 Å². The highest BCUT2D eigenvalue weighted by Gasteiger charge is 2.12. The molecule has 0 bridgehead atoms. The summed E-state index contributed by atoms with van der Waals surface area (Å²) >= 11 is 0. The van der Waals surface area contributed by atoms with Gasteiger partial charge in [0.2, 0.25) is 0 Å². The maximum atomic E-state index is 12.1. The second-order valence-electron chi connectivity index (χ2n) is 4.84. The highest BCUT2D eigenvalue weighted by molar-refractivity contribution is 6.00. The van der Waals surface area contributed by atoms with Gasteiger partial charge in [0.25, 0.3) is 5.91 Å². The topological polar surface area (TPSA) is 81.4 Å². The van der Waals surface area contributed by atoms with E-state index in [2.05, 4.69) is 10.1 Å². The average Bonchev–Trinajstić information content (AvgIpc) is 2.55. The normalized spacial score (nSPS) is 10.0. The van der Waals surface area contributed by atoms with E-state index in [0.717, 1.165) is 11.1 Å². The SMILES string of the molecule is COC(=O)CNC(=O)c1cc(Cc2ccccc2)ccc1N. The number of hydrogen-bond donors (Lipinski definition) is 2. The summed E-state index contributed by atoms with van der Waals surface area (Å²) < 4.78 is 4.48. The summed E-state index contributed by atoms with van der Waals surface area (Å²) in [6.07, 6.45) is 0.707. The van der Waals surface area contributed by atoms with Crippen LogP contribution in [0.15, 0.2) is 48.5 Å². The fourth-order valence-electron chi connectivity index (χ4n) is 2.06. The van der Waals surface area contributed by atoms with Crippen molar-refractivity contribution in [2.45, 2.75) is 6.42 Å². The van der Waals surface area contributed by atoms with E-state index in [-0.39, 0.29) is 6.54 Å². The number of benzene rings is 2. The second kappa shape index (κ2) is 7.26. The molecule has 2 aromatic rings. The van der Waals surface area contributed by atoms with E-state index in [4.69, 9.17) is 5.73 Å². The van der Waals surface area contributed by atoms with E-state index in [1.54, 1.807) is 12.1 Å². The molecule has 2 aromatic carbocycles. The van der Waals surface area contributed by atoms with Crippen molar-refractivity contribution in [3.8, 4) is 0 Å². The summed E-state index contributed by atoms with van der Waals surface area (Å²) in [5, 5.41) is 2.49. The van der Waals surface area contributed by atoms with Gasteiger partial charge in [0.1, 0.15) is 6.54 Å². The first-order valence-corrected chi connectivity index (χ1v) is 6.87. The molecule has 0 unspecified atom stereocenters. The summed E-state index contributed by atoms with van der Waals surface area (Å²) in [6.45, 7) is -0.183. The van der Waals surface area contributed by atoms with E-state index in [0.29, 0.717) is 17.7 Å². The Morgan fingerprint density at radius 2 is 1.82 bits per heavy atom. The van der Waals surface area contributed by atoms with Crippen molar-refractivity contribution < 1.29 is 14.3 Å². The minimum atomic E-state index is -0.507. The first-order valence-electron chi connectivity index (χ1n) is 6.87. The van der Waals surface area contributed by atoms with Crippen LogP contribution in [0.4, 0.5) is 5.69 Å². The minimum absolute atomic E-state index is 0.183. The lowest BCUT2D eigenvalue weighted by molar-refractivity contribution is -0.139. The van der Waals surface area contributed by atoms with Gasteiger partial charge in [-0.2, -0.15) is 0 Å². The van der Waals surface area contributed by atoms with Gasteiger partial charge < -0.3 is 15.8 Å². The molecule has 1 amide bonds. The Kier molecular flexibility index (Phi) is 5.14. The standard InChI is InChI=1S/C17H18N2O3/c1-22-16(20)11-19-17(21)14-10-13(7-8-15(14)18)9-12-5-3-2-4-6-12/h2-8,10H,9,11,18H2,1H3,(H,19,21). The number of nitrogens with two attached hydrogens (primary N) is 1. The molecule has 0 aliphatic carbocycles. The third kappa shape index (κ3) is 4.09. The van der Waals surface area contributed by atoms with E-state index in [1.165, 1.54) is 7.11 Å². The Bertz CT molecular complexity index is 669. The van der Waals surface area contributed by atoms with Crippen molar-refractivity contribution in [1.29, 1.82) is 0 Å². The quantitative estimate of drug-likeness (QED) is 0.651. The number of esters is 1. The molecule has 0 aromatic heterocycles. The molecule has 5 nitrogen and oxygen atoms in total. The van der Waals surface area contributed by atoms with Crippen LogP contribution in [0.2, 0.25) is 0 Å². The Hall–Kier alpha value is -2.82. The van der Waals surface area contributed by atoms with Gasteiger partial charge in [-0.15, -0.1) is 0 Å². The highest BCUT2D eigenvalue weighted by Crippen LogP contribution is 2.17. The lowest BCUT2D eigenvalue weighted by atomic mass is 10.0. The second-order valence-corrected chi connectivity index (χ2v) is 4.84. The molecule has 0 aliphatic heterocycles. The van der Waals surface area contributed by atoms with Crippen LogP contribution in [0, 0.1) is 0 Å². The fourth-order valence-corrected chi connectivity index (χ4v) is 2.06. The minimum Gasteiger partial charge on any atom is -0.468 e. The number of rotatable bonds is 5. The molecule has 0 spiro atoms. The van der Waals surface area contributed by atoms with Gasteiger partial charge in [-0.25, -0.2) is 0 Å². The maximum absolute atomic E-state index is 12.1. The number of methoxy groups -OCH3 is 1. The van der Waals surface area contributed by atoms with Crippen molar-refractivity contribution in [1.82, 2.24) is 5.32 Å². The van der Waals surface area contributed by atoms with Crippen LogP contribution in [0.3, 0.4) is 0 Å². The average molecular weight is 298 g/mol. The van der Waals surface area contributed by atoms with Gasteiger partial charge >= 0.3 is 5.97 Å². The van der Waals surface area contributed by atoms with Gasteiger partial charge in [-0.3, -0.25) is 9.59 Å². The molecule has 114 valence electrons. The number of anilines is 1. The molecule has 0 saturated carbocycles. The zero-order valence-electron chi connectivity index (χ0n) is 12.3. The molecule has 0 heterocycles. The molecule has 2 rings (SSSR count). The van der Waals surface area contributed by atoms with Gasteiger partial charge in [0.15, 0.2) is 0 Å². The lowest BCUT2D eigenvalue weighted by Gasteiger charge is -2.09. The van der Waals surface area contributed by atoms with E-state index in [1.807, 2.05) is 36.4 Å². The summed E-state index contributed by atoms with van der Waals surface area (Å²) in [5.41, 5.74) is 8.70. The van der Waals surface area contributed by atoms with Gasteiger partial charge in [0, 0.05) is 5.69 Å². The molecule has 22 heavy (non-hydrogen) atoms. The predicted molar refractivity (Wildman–Crippen MR) is 84.5 cm³/mol. The summed E-state index contributed by atoms with van der Waals surface area (Å²) in [5.74, 6) is -0.898. The Labute approximate surface area is 129 Å². The van der Waals surface area contributed by atoms with Crippen molar-refractivity contribution in [2.75, 3.05) is 19.4 Å². The van der Waals surface area contributed by atoms with Gasteiger partial charge in [0.05, 0.1) is 12.7 Å². The summed E-state index contributed by atoms with van der Waals surface area (Å²) in [6, 6.07) is 15.3. The molecule has 0 atom stereocenters. The van der Waals surface area contributed by atoms with Crippen LogP contribution < -0.4 is 11.1 Å². The number of nitrogens with one attached hydrogen (secondary N) is 1. The zero-order valence-corrected chi connectivity index (χ0v) is 12.3. The predicted octanol–water partition coefficient (Wildman–Crippen LogP) is 1.76. The van der Waals surface area contributed by atoms with Crippen LogP contribution in [0.1, 0.15) is 21.5 Å². The molecule has 3 N–H and O–H groups in total. The largest absolute Gasteiger partial charge is 0.468 e. The third-order valence-electron chi connectivity index (χ3n) is 3.23. The van der Waals surface area contributed by atoms with Gasteiger partial charge in [-0.05, 0) is 29.7 Å². The van der Waals surface area contributed by atoms with E-state index in [9.17, 15) is 9.59 Å². The first kappa shape index (κ1) is 15.6. The third-order valence-corrected chi connectivity index (χ3v) is 3.23. The molecule has 0 fully saturated rings. The number of ether oxygens (including phenoxy) is 1. The van der Waals surface area contributed by atoms with Gasteiger partial charge in [-0.1, -0.05) is 36.4 Å². The summed E-state index contributed by atoms with van der Waals surface area (Å²) in [4.78, 5) is 23.2. The van der Waals surface area contributed by atoms with Crippen LogP contribution >= 0.6 is 0 Å².